The Morgan fingerprint density at radius 2 is 1.68 bits per heavy atom. The second-order valence-electron chi connectivity index (χ2n) is 5.40. The Hall–Kier alpha value is -1.38. The summed E-state index contributed by atoms with van der Waals surface area (Å²) in [7, 11) is 4.16. The third-order valence-corrected chi connectivity index (χ3v) is 3.50. The van der Waals surface area contributed by atoms with E-state index >= 15 is 0 Å². The van der Waals surface area contributed by atoms with E-state index in [0.29, 0.717) is 6.54 Å². The smallest absolute Gasteiger partial charge is 0.216 e. The fourth-order valence-electron chi connectivity index (χ4n) is 1.95. The highest BCUT2D eigenvalue weighted by Crippen LogP contribution is 2.16. The summed E-state index contributed by atoms with van der Waals surface area (Å²) in [6.45, 7) is 3.61. The van der Waals surface area contributed by atoms with Crippen molar-refractivity contribution < 1.29 is 21.7 Å². The summed E-state index contributed by atoms with van der Waals surface area (Å²) in [5, 5.41) is 2.31. The normalized spacial score (nSPS) is 11.1. The van der Waals surface area contributed by atoms with E-state index in [-0.39, 0.29) is 18.2 Å². The van der Waals surface area contributed by atoms with Crippen molar-refractivity contribution in [2.45, 2.75) is 6.92 Å². The molecule has 0 radical (unpaired) electrons. The SMILES string of the molecule is CC[N+](C)(C)CC(=O)c1ccc2ccccc2c1.[Cl-]. The van der Waals surface area contributed by atoms with Crippen molar-refractivity contribution in [3.05, 3.63) is 48.0 Å². The number of fused-ring (bicyclic) bond motifs is 1. The van der Waals surface area contributed by atoms with E-state index in [1.54, 1.807) is 0 Å². The van der Waals surface area contributed by atoms with Crippen molar-refractivity contribution in [2.24, 2.45) is 0 Å². The first-order chi connectivity index (χ1) is 8.52. The van der Waals surface area contributed by atoms with Crippen molar-refractivity contribution in [2.75, 3.05) is 27.2 Å². The molecule has 0 N–H and O–H groups in total. The Labute approximate surface area is 121 Å². The van der Waals surface area contributed by atoms with Crippen LogP contribution in [0.5, 0.6) is 0 Å². The Balaban J connectivity index is 0.00000180. The van der Waals surface area contributed by atoms with E-state index in [0.717, 1.165) is 22.0 Å². The fraction of sp³-hybridized carbons (Fsp3) is 0.312. The van der Waals surface area contributed by atoms with Crippen molar-refractivity contribution in [1.82, 2.24) is 0 Å². The predicted octanol–water partition coefficient (Wildman–Crippen LogP) is 0.123. The van der Waals surface area contributed by atoms with Gasteiger partial charge < -0.3 is 16.9 Å². The Morgan fingerprint density at radius 1 is 1.05 bits per heavy atom. The van der Waals surface area contributed by atoms with Crippen LogP contribution in [-0.2, 0) is 0 Å². The van der Waals surface area contributed by atoms with Gasteiger partial charge in [0.15, 0.2) is 0 Å². The van der Waals surface area contributed by atoms with Crippen molar-refractivity contribution in [3.8, 4) is 0 Å². The van der Waals surface area contributed by atoms with Crippen molar-refractivity contribution >= 4 is 16.6 Å². The van der Waals surface area contributed by atoms with Crippen LogP contribution < -0.4 is 12.4 Å². The number of likely N-dealkylation sites (N-methyl/N-ethyl adjacent to an activating group) is 1. The topological polar surface area (TPSA) is 17.1 Å². The third kappa shape index (κ3) is 3.79. The number of halogens is 1. The minimum atomic E-state index is 0. The van der Waals surface area contributed by atoms with Gasteiger partial charge in [-0.05, 0) is 23.8 Å². The zero-order chi connectivity index (χ0) is 13.2. The molecule has 0 amide bonds. The molecule has 0 bridgehead atoms. The van der Waals surface area contributed by atoms with Crippen LogP contribution in [0.1, 0.15) is 17.3 Å². The number of hydrogen-bond acceptors (Lipinski definition) is 1. The number of quaternary nitrogens is 1. The van der Waals surface area contributed by atoms with Crippen LogP contribution >= 0.6 is 0 Å². The highest BCUT2D eigenvalue weighted by atomic mass is 35.5. The van der Waals surface area contributed by atoms with Crippen LogP contribution in [0.4, 0.5) is 0 Å². The van der Waals surface area contributed by atoms with E-state index in [1.807, 2.05) is 36.4 Å². The zero-order valence-corrected chi connectivity index (χ0v) is 12.4. The van der Waals surface area contributed by atoms with Crippen LogP contribution in [0.25, 0.3) is 10.8 Å². The highest BCUT2D eigenvalue weighted by Gasteiger charge is 2.19. The van der Waals surface area contributed by atoms with Crippen LogP contribution in [0.2, 0.25) is 0 Å². The number of carbonyl (C=O) groups is 1. The number of carbonyl (C=O) groups excluding carboxylic acids is 1. The molecule has 102 valence electrons. The summed E-state index contributed by atoms with van der Waals surface area (Å²) < 4.78 is 0.728. The van der Waals surface area contributed by atoms with E-state index in [9.17, 15) is 4.79 Å². The molecule has 0 aliphatic carbocycles. The van der Waals surface area contributed by atoms with E-state index < -0.39 is 0 Å². The Bertz CT molecular complexity index is 578. The predicted molar refractivity (Wildman–Crippen MR) is 75.8 cm³/mol. The molecule has 2 aromatic rings. The highest BCUT2D eigenvalue weighted by molar-refractivity contribution is 6.00. The number of benzene rings is 2. The van der Waals surface area contributed by atoms with Crippen LogP contribution in [0.3, 0.4) is 0 Å². The lowest BCUT2D eigenvalue weighted by molar-refractivity contribution is -0.880. The summed E-state index contributed by atoms with van der Waals surface area (Å²) in [6.07, 6.45) is 0. The molecule has 19 heavy (non-hydrogen) atoms. The summed E-state index contributed by atoms with van der Waals surface area (Å²) in [6, 6.07) is 14.1. The maximum atomic E-state index is 12.2. The average molecular weight is 278 g/mol. The third-order valence-electron chi connectivity index (χ3n) is 3.50. The van der Waals surface area contributed by atoms with E-state index in [4.69, 9.17) is 0 Å². The molecule has 2 nitrogen and oxygen atoms in total. The first-order valence-corrected chi connectivity index (χ1v) is 6.36. The Kier molecular flexibility index (Phi) is 5.10. The lowest BCUT2D eigenvalue weighted by Crippen LogP contribution is -3.00. The minimum absolute atomic E-state index is 0. The molecule has 2 rings (SSSR count). The maximum Gasteiger partial charge on any atom is 0.216 e. The molecule has 0 fully saturated rings. The monoisotopic (exact) mass is 277 g/mol. The van der Waals surface area contributed by atoms with Crippen molar-refractivity contribution in [3.63, 3.8) is 0 Å². The molecule has 0 aliphatic heterocycles. The van der Waals surface area contributed by atoms with Gasteiger partial charge in [-0.25, -0.2) is 0 Å². The molecule has 0 saturated heterocycles. The lowest BCUT2D eigenvalue weighted by atomic mass is 10.0. The second-order valence-corrected chi connectivity index (χ2v) is 5.40. The van der Waals surface area contributed by atoms with E-state index in [2.05, 4.69) is 27.1 Å². The fourth-order valence-corrected chi connectivity index (χ4v) is 1.95. The summed E-state index contributed by atoms with van der Waals surface area (Å²) >= 11 is 0. The molecular weight excluding hydrogens is 258 g/mol. The van der Waals surface area contributed by atoms with Crippen LogP contribution in [0, 0.1) is 0 Å². The van der Waals surface area contributed by atoms with Gasteiger partial charge in [0.05, 0.1) is 20.6 Å². The van der Waals surface area contributed by atoms with Crippen LogP contribution in [-0.4, -0.2) is 37.5 Å². The van der Waals surface area contributed by atoms with Gasteiger partial charge in [0.1, 0.15) is 6.54 Å². The minimum Gasteiger partial charge on any atom is -1.00 e. The summed E-state index contributed by atoms with van der Waals surface area (Å²) in [4.78, 5) is 12.2. The maximum absolute atomic E-state index is 12.2. The quantitative estimate of drug-likeness (QED) is 0.573. The number of Topliss-reactive ketones (excluding diaryl/α,β-unsaturated/α-hetero) is 1. The molecule has 0 aromatic heterocycles. The average Bonchev–Trinajstić information content (AvgIpc) is 2.37. The van der Waals surface area contributed by atoms with Crippen LogP contribution in [0.15, 0.2) is 42.5 Å². The van der Waals surface area contributed by atoms with Gasteiger partial charge in [0.2, 0.25) is 5.78 Å². The molecule has 0 spiro atoms. The van der Waals surface area contributed by atoms with Gasteiger partial charge in [-0.1, -0.05) is 36.4 Å². The molecule has 0 heterocycles. The first kappa shape index (κ1) is 15.7. The lowest BCUT2D eigenvalue weighted by Gasteiger charge is -2.27. The number of hydrogen-bond donors (Lipinski definition) is 0. The molecule has 0 atom stereocenters. The molecule has 0 aliphatic rings. The standard InChI is InChI=1S/C16H20NO.ClH/c1-4-17(2,3)12-16(18)15-10-9-13-7-5-6-8-14(13)11-15;/h5-11H,4,12H2,1-3H3;1H/q+1;/p-1. The van der Waals surface area contributed by atoms with Gasteiger partial charge >= 0.3 is 0 Å². The zero-order valence-electron chi connectivity index (χ0n) is 11.7. The van der Waals surface area contributed by atoms with Gasteiger partial charge in [-0.3, -0.25) is 4.79 Å². The molecule has 0 unspecified atom stereocenters. The summed E-state index contributed by atoms with van der Waals surface area (Å²) in [5.74, 6) is 0.215. The van der Waals surface area contributed by atoms with E-state index in [1.165, 1.54) is 5.39 Å². The second kappa shape index (κ2) is 6.18. The largest absolute Gasteiger partial charge is 1.00 e. The van der Waals surface area contributed by atoms with Gasteiger partial charge in [0.25, 0.3) is 0 Å². The number of rotatable bonds is 4. The summed E-state index contributed by atoms with van der Waals surface area (Å²) in [5.41, 5.74) is 0.813. The van der Waals surface area contributed by atoms with Gasteiger partial charge in [-0.15, -0.1) is 0 Å². The first-order valence-electron chi connectivity index (χ1n) is 6.36. The number of ketones is 1. The number of nitrogens with zero attached hydrogens (tertiary/aromatic N) is 1. The van der Waals surface area contributed by atoms with Gasteiger partial charge in [0, 0.05) is 5.56 Å². The van der Waals surface area contributed by atoms with Crippen molar-refractivity contribution in [1.29, 1.82) is 0 Å². The molecule has 0 saturated carbocycles. The van der Waals surface area contributed by atoms with Gasteiger partial charge in [-0.2, -0.15) is 0 Å². The molecule has 2 aromatic carbocycles. The molecular formula is C16H20ClNO. The Morgan fingerprint density at radius 3 is 2.32 bits per heavy atom. The molecule has 3 heteroatoms.